The predicted molar refractivity (Wildman–Crippen MR) is 107 cm³/mol. The third-order valence-electron chi connectivity index (χ3n) is 5.98. The molecule has 2 aliphatic rings. The second-order valence-electron chi connectivity index (χ2n) is 8.15. The van der Waals surface area contributed by atoms with E-state index in [1.165, 1.54) is 17.4 Å². The van der Waals surface area contributed by atoms with E-state index in [0.29, 0.717) is 24.1 Å². The number of furan rings is 1. The Labute approximate surface area is 166 Å². The van der Waals surface area contributed by atoms with Gasteiger partial charge in [0, 0.05) is 32.6 Å². The summed E-state index contributed by atoms with van der Waals surface area (Å²) in [6, 6.07) is 10.8. The summed E-state index contributed by atoms with van der Waals surface area (Å²) in [5.41, 5.74) is 3.13. The fraction of sp³-hybridized carbons (Fsp3) is 0.478. The molecule has 0 atom stereocenters. The van der Waals surface area contributed by atoms with Crippen molar-refractivity contribution < 1.29 is 14.0 Å². The van der Waals surface area contributed by atoms with E-state index in [0.717, 1.165) is 45.2 Å². The molecule has 1 aliphatic carbocycles. The van der Waals surface area contributed by atoms with Gasteiger partial charge in [-0.3, -0.25) is 9.59 Å². The van der Waals surface area contributed by atoms with Gasteiger partial charge in [-0.2, -0.15) is 0 Å². The fourth-order valence-corrected chi connectivity index (χ4v) is 4.07. The molecule has 2 aromatic rings. The van der Waals surface area contributed by atoms with Crippen LogP contribution in [0.4, 0.5) is 0 Å². The van der Waals surface area contributed by atoms with Gasteiger partial charge in [-0.25, -0.2) is 0 Å². The molecule has 2 fully saturated rings. The third kappa shape index (κ3) is 4.46. The molecule has 4 rings (SSSR count). The van der Waals surface area contributed by atoms with Crippen LogP contribution in [0.3, 0.4) is 0 Å². The zero-order valence-corrected chi connectivity index (χ0v) is 16.5. The second kappa shape index (κ2) is 8.21. The molecule has 2 heterocycles. The molecular weight excluding hydrogens is 352 g/mol. The molecular formula is C23H28N2O3. The van der Waals surface area contributed by atoms with Crippen LogP contribution in [-0.4, -0.2) is 40.7 Å². The number of amides is 2. The monoisotopic (exact) mass is 380 g/mol. The number of hydrogen-bond donors (Lipinski definition) is 0. The molecule has 1 saturated heterocycles. The number of carbonyl (C=O) groups is 2. The number of hydrogen-bond acceptors (Lipinski definition) is 3. The van der Waals surface area contributed by atoms with Crippen LogP contribution in [0.1, 0.15) is 54.1 Å². The summed E-state index contributed by atoms with van der Waals surface area (Å²) in [7, 11) is 0. The fourth-order valence-electron chi connectivity index (χ4n) is 4.07. The molecule has 0 unspecified atom stereocenters. The SMILES string of the molecule is CC(=O)N1CCC(Cc2ccc(CN(C(=O)c3ccoc3)C3CC3)cc2)CC1. The van der Waals surface area contributed by atoms with Crippen molar-refractivity contribution in [1.82, 2.24) is 9.80 Å². The van der Waals surface area contributed by atoms with E-state index in [1.807, 2.05) is 9.80 Å². The predicted octanol–water partition coefficient (Wildman–Crippen LogP) is 3.89. The van der Waals surface area contributed by atoms with Gasteiger partial charge in [0.05, 0.1) is 11.8 Å². The van der Waals surface area contributed by atoms with Gasteiger partial charge in [-0.1, -0.05) is 24.3 Å². The molecule has 1 aromatic heterocycles. The summed E-state index contributed by atoms with van der Waals surface area (Å²) < 4.78 is 5.07. The highest BCUT2D eigenvalue weighted by molar-refractivity contribution is 5.94. The number of likely N-dealkylation sites (tertiary alicyclic amines) is 1. The molecule has 2 amide bonds. The van der Waals surface area contributed by atoms with Gasteiger partial charge >= 0.3 is 0 Å². The standard InChI is InChI=1S/C23H28N2O3/c1-17(26)24-11-8-19(9-12-24)14-18-2-4-20(5-3-18)15-25(22-6-7-22)23(27)21-10-13-28-16-21/h2-5,10,13,16,19,22H,6-9,11-12,14-15H2,1H3. The number of piperidine rings is 1. The third-order valence-corrected chi connectivity index (χ3v) is 5.98. The normalized spacial score (nSPS) is 17.5. The highest BCUT2D eigenvalue weighted by Crippen LogP contribution is 2.30. The molecule has 148 valence electrons. The van der Waals surface area contributed by atoms with Crippen LogP contribution in [0.2, 0.25) is 0 Å². The maximum absolute atomic E-state index is 12.7. The number of benzene rings is 1. The molecule has 28 heavy (non-hydrogen) atoms. The molecule has 0 N–H and O–H groups in total. The maximum Gasteiger partial charge on any atom is 0.257 e. The lowest BCUT2D eigenvalue weighted by molar-refractivity contribution is -0.130. The molecule has 1 aliphatic heterocycles. The molecule has 0 radical (unpaired) electrons. The van der Waals surface area contributed by atoms with Crippen LogP contribution in [0.15, 0.2) is 47.3 Å². The number of carbonyl (C=O) groups excluding carboxylic acids is 2. The molecule has 5 heteroatoms. The van der Waals surface area contributed by atoms with E-state index < -0.39 is 0 Å². The minimum atomic E-state index is 0.0533. The Bertz CT molecular complexity index is 801. The average molecular weight is 380 g/mol. The summed E-state index contributed by atoms with van der Waals surface area (Å²) in [4.78, 5) is 28.1. The zero-order chi connectivity index (χ0) is 19.5. The zero-order valence-electron chi connectivity index (χ0n) is 16.5. The van der Waals surface area contributed by atoms with Crippen molar-refractivity contribution in [3.05, 3.63) is 59.5 Å². The van der Waals surface area contributed by atoms with E-state index in [2.05, 4.69) is 24.3 Å². The summed E-state index contributed by atoms with van der Waals surface area (Å²) in [5, 5.41) is 0. The van der Waals surface area contributed by atoms with Gasteiger partial charge in [-0.05, 0) is 55.2 Å². The van der Waals surface area contributed by atoms with E-state index in [-0.39, 0.29) is 11.8 Å². The lowest BCUT2D eigenvalue weighted by Gasteiger charge is -2.31. The van der Waals surface area contributed by atoms with Gasteiger partial charge in [0.15, 0.2) is 0 Å². The Kier molecular flexibility index (Phi) is 5.51. The Hall–Kier alpha value is -2.56. The van der Waals surface area contributed by atoms with Crippen LogP contribution in [0.25, 0.3) is 0 Å². The van der Waals surface area contributed by atoms with Gasteiger partial charge < -0.3 is 14.2 Å². The van der Waals surface area contributed by atoms with Crippen LogP contribution in [-0.2, 0) is 17.8 Å². The van der Waals surface area contributed by atoms with Gasteiger partial charge in [0.2, 0.25) is 5.91 Å². The Morgan fingerprint density at radius 1 is 1.04 bits per heavy atom. The molecule has 1 saturated carbocycles. The minimum Gasteiger partial charge on any atom is -0.472 e. The summed E-state index contributed by atoms with van der Waals surface area (Å²) in [5.74, 6) is 0.887. The smallest absolute Gasteiger partial charge is 0.257 e. The first-order chi connectivity index (χ1) is 13.6. The van der Waals surface area contributed by atoms with E-state index in [9.17, 15) is 9.59 Å². The summed E-state index contributed by atoms with van der Waals surface area (Å²) >= 11 is 0. The van der Waals surface area contributed by atoms with E-state index >= 15 is 0 Å². The Morgan fingerprint density at radius 3 is 2.29 bits per heavy atom. The van der Waals surface area contributed by atoms with Crippen LogP contribution in [0.5, 0.6) is 0 Å². The van der Waals surface area contributed by atoms with Crippen molar-refractivity contribution in [2.45, 2.75) is 51.6 Å². The van der Waals surface area contributed by atoms with Crippen molar-refractivity contribution in [3.8, 4) is 0 Å². The van der Waals surface area contributed by atoms with Gasteiger partial charge in [-0.15, -0.1) is 0 Å². The van der Waals surface area contributed by atoms with Gasteiger partial charge in [0.1, 0.15) is 6.26 Å². The highest BCUT2D eigenvalue weighted by Gasteiger charge is 2.33. The van der Waals surface area contributed by atoms with E-state index in [1.54, 1.807) is 19.3 Å². The molecule has 1 aromatic carbocycles. The first-order valence-corrected chi connectivity index (χ1v) is 10.3. The maximum atomic E-state index is 12.7. The average Bonchev–Trinajstić information content (AvgIpc) is 3.40. The molecule has 5 nitrogen and oxygen atoms in total. The highest BCUT2D eigenvalue weighted by atomic mass is 16.3. The van der Waals surface area contributed by atoms with Gasteiger partial charge in [0.25, 0.3) is 5.91 Å². The van der Waals surface area contributed by atoms with Crippen molar-refractivity contribution in [2.75, 3.05) is 13.1 Å². The van der Waals surface area contributed by atoms with Crippen molar-refractivity contribution in [1.29, 1.82) is 0 Å². The Morgan fingerprint density at radius 2 is 1.71 bits per heavy atom. The molecule has 0 spiro atoms. The lowest BCUT2D eigenvalue weighted by Crippen LogP contribution is -2.37. The minimum absolute atomic E-state index is 0.0533. The topological polar surface area (TPSA) is 53.8 Å². The number of nitrogens with zero attached hydrogens (tertiary/aromatic N) is 2. The largest absolute Gasteiger partial charge is 0.472 e. The summed E-state index contributed by atoms with van der Waals surface area (Å²) in [6.45, 7) is 4.06. The lowest BCUT2D eigenvalue weighted by atomic mass is 9.90. The van der Waals surface area contributed by atoms with Crippen molar-refractivity contribution in [2.24, 2.45) is 5.92 Å². The van der Waals surface area contributed by atoms with Crippen LogP contribution >= 0.6 is 0 Å². The van der Waals surface area contributed by atoms with Crippen molar-refractivity contribution in [3.63, 3.8) is 0 Å². The second-order valence-corrected chi connectivity index (χ2v) is 8.15. The van der Waals surface area contributed by atoms with E-state index in [4.69, 9.17) is 4.42 Å². The first-order valence-electron chi connectivity index (χ1n) is 10.3. The first kappa shape index (κ1) is 18.8. The number of rotatable bonds is 6. The summed E-state index contributed by atoms with van der Waals surface area (Å²) in [6.07, 6.45) is 8.46. The Balaban J connectivity index is 1.34. The quantitative estimate of drug-likeness (QED) is 0.764. The van der Waals surface area contributed by atoms with Crippen LogP contribution < -0.4 is 0 Å². The molecule has 0 bridgehead atoms. The van der Waals surface area contributed by atoms with Crippen LogP contribution in [0, 0.1) is 5.92 Å². The van der Waals surface area contributed by atoms with Crippen molar-refractivity contribution >= 4 is 11.8 Å².